The summed E-state index contributed by atoms with van der Waals surface area (Å²) >= 11 is 0. The lowest BCUT2D eigenvalue weighted by Crippen LogP contribution is -2.08. The Labute approximate surface area is 134 Å². The minimum Gasteiger partial charge on any atom is -0.486 e. The van der Waals surface area contributed by atoms with E-state index in [1.807, 2.05) is 60.7 Å². The summed E-state index contributed by atoms with van der Waals surface area (Å²) in [6.07, 6.45) is 1.69. The first-order valence-corrected chi connectivity index (χ1v) is 7.54. The summed E-state index contributed by atoms with van der Waals surface area (Å²) in [5.74, 6) is 2.62. The molecular weight excluding hydrogens is 288 g/mol. The van der Waals surface area contributed by atoms with Crippen LogP contribution in [0.4, 0.5) is 0 Å². The average Bonchev–Trinajstić information content (AvgIpc) is 3.23. The fourth-order valence-electron chi connectivity index (χ4n) is 2.63. The van der Waals surface area contributed by atoms with Gasteiger partial charge in [-0.15, -0.1) is 0 Å². The van der Waals surface area contributed by atoms with Crippen LogP contribution in [0, 0.1) is 0 Å². The van der Waals surface area contributed by atoms with Crippen molar-refractivity contribution in [3.63, 3.8) is 0 Å². The van der Waals surface area contributed by atoms with E-state index in [0.29, 0.717) is 13.2 Å². The lowest BCUT2D eigenvalue weighted by atomic mass is 10.3. The number of rotatable bonds is 5. The van der Waals surface area contributed by atoms with Crippen molar-refractivity contribution in [1.29, 1.82) is 0 Å². The van der Waals surface area contributed by atoms with E-state index < -0.39 is 0 Å². The highest BCUT2D eigenvalue weighted by Crippen LogP contribution is 2.20. The highest BCUT2D eigenvalue weighted by atomic mass is 16.5. The molecule has 2 heterocycles. The molecule has 0 spiro atoms. The fourth-order valence-corrected chi connectivity index (χ4v) is 2.63. The van der Waals surface area contributed by atoms with Gasteiger partial charge in [-0.1, -0.05) is 30.3 Å². The molecule has 114 valence electrons. The highest BCUT2D eigenvalue weighted by molar-refractivity contribution is 5.76. The first-order chi connectivity index (χ1) is 11.4. The van der Waals surface area contributed by atoms with Gasteiger partial charge in [-0.2, -0.15) is 0 Å². The predicted molar refractivity (Wildman–Crippen MR) is 88.3 cm³/mol. The van der Waals surface area contributed by atoms with Gasteiger partial charge in [0.1, 0.15) is 23.9 Å². The SMILES string of the molecule is c1ccc(OCc2nc3ccccc3n2Cc2ccco2)cc1. The number of furan rings is 1. The molecule has 0 aliphatic carbocycles. The van der Waals surface area contributed by atoms with Crippen LogP contribution in [0.5, 0.6) is 5.75 Å². The molecule has 0 unspecified atom stereocenters. The summed E-state index contributed by atoms with van der Waals surface area (Å²) < 4.78 is 13.5. The molecule has 0 N–H and O–H groups in total. The van der Waals surface area contributed by atoms with Crippen LogP contribution in [0.25, 0.3) is 11.0 Å². The molecule has 0 bridgehead atoms. The first kappa shape index (κ1) is 13.6. The minimum absolute atomic E-state index is 0.416. The smallest absolute Gasteiger partial charge is 0.148 e. The van der Waals surface area contributed by atoms with Crippen LogP contribution in [0.15, 0.2) is 77.4 Å². The summed E-state index contributed by atoms with van der Waals surface area (Å²) in [6.45, 7) is 1.06. The zero-order valence-corrected chi connectivity index (χ0v) is 12.6. The number of fused-ring (bicyclic) bond motifs is 1. The third-order valence-corrected chi connectivity index (χ3v) is 3.74. The number of aromatic nitrogens is 2. The van der Waals surface area contributed by atoms with Crippen molar-refractivity contribution in [2.75, 3.05) is 0 Å². The summed E-state index contributed by atoms with van der Waals surface area (Å²) in [4.78, 5) is 4.70. The van der Waals surface area contributed by atoms with Gasteiger partial charge in [-0.25, -0.2) is 4.98 Å². The van der Waals surface area contributed by atoms with Gasteiger partial charge in [0.05, 0.1) is 23.8 Å². The van der Waals surface area contributed by atoms with Crippen molar-refractivity contribution in [3.05, 3.63) is 84.6 Å². The van der Waals surface area contributed by atoms with Gasteiger partial charge in [-0.05, 0) is 36.4 Å². The van der Waals surface area contributed by atoms with Crippen LogP contribution in [0.1, 0.15) is 11.6 Å². The van der Waals surface area contributed by atoms with Crippen LogP contribution in [-0.2, 0) is 13.2 Å². The number of hydrogen-bond donors (Lipinski definition) is 0. The van der Waals surface area contributed by atoms with Gasteiger partial charge < -0.3 is 13.7 Å². The summed E-state index contributed by atoms with van der Waals surface area (Å²) in [5, 5.41) is 0. The monoisotopic (exact) mass is 304 g/mol. The quantitative estimate of drug-likeness (QED) is 0.553. The molecular formula is C19H16N2O2. The molecule has 0 saturated carbocycles. The Kier molecular flexibility index (Phi) is 3.56. The first-order valence-electron chi connectivity index (χ1n) is 7.54. The second kappa shape index (κ2) is 6.01. The summed E-state index contributed by atoms with van der Waals surface area (Å²) in [5.41, 5.74) is 2.04. The van der Waals surface area contributed by atoms with Crippen molar-refractivity contribution >= 4 is 11.0 Å². The van der Waals surface area contributed by atoms with Gasteiger partial charge in [-0.3, -0.25) is 0 Å². The molecule has 0 atom stereocenters. The standard InChI is InChI=1S/C19H16N2O2/c1-2-7-15(8-3-1)23-14-19-20-17-10-4-5-11-18(17)21(19)13-16-9-6-12-22-16/h1-12H,13-14H2. The third-order valence-electron chi connectivity index (χ3n) is 3.74. The Morgan fingerprint density at radius 1 is 0.913 bits per heavy atom. The molecule has 0 saturated heterocycles. The molecule has 0 aliphatic rings. The molecule has 0 radical (unpaired) electrons. The van der Waals surface area contributed by atoms with Crippen molar-refractivity contribution in [2.45, 2.75) is 13.2 Å². The maximum absolute atomic E-state index is 5.87. The Morgan fingerprint density at radius 3 is 2.57 bits per heavy atom. The highest BCUT2D eigenvalue weighted by Gasteiger charge is 2.12. The maximum atomic E-state index is 5.87. The molecule has 0 aliphatic heterocycles. The van der Waals surface area contributed by atoms with Crippen molar-refractivity contribution < 1.29 is 9.15 Å². The van der Waals surface area contributed by atoms with Gasteiger partial charge in [0.2, 0.25) is 0 Å². The minimum atomic E-state index is 0.416. The number of ether oxygens (including phenoxy) is 1. The Hall–Kier alpha value is -3.01. The van der Waals surface area contributed by atoms with E-state index in [0.717, 1.165) is 28.4 Å². The largest absolute Gasteiger partial charge is 0.486 e. The zero-order chi connectivity index (χ0) is 15.5. The van der Waals surface area contributed by atoms with Gasteiger partial charge in [0, 0.05) is 0 Å². The summed E-state index contributed by atoms with van der Waals surface area (Å²) in [7, 11) is 0. The molecule has 0 fully saturated rings. The van der Waals surface area contributed by atoms with Crippen molar-refractivity contribution in [1.82, 2.24) is 9.55 Å². The maximum Gasteiger partial charge on any atom is 0.148 e. The second-order valence-corrected chi connectivity index (χ2v) is 5.28. The van der Waals surface area contributed by atoms with Crippen molar-refractivity contribution in [3.8, 4) is 5.75 Å². The van der Waals surface area contributed by atoms with Gasteiger partial charge in [0.15, 0.2) is 0 Å². The Morgan fingerprint density at radius 2 is 1.74 bits per heavy atom. The van der Waals surface area contributed by atoms with E-state index in [-0.39, 0.29) is 0 Å². The number of hydrogen-bond acceptors (Lipinski definition) is 3. The second-order valence-electron chi connectivity index (χ2n) is 5.28. The molecule has 2 aromatic heterocycles. The van der Waals surface area contributed by atoms with Crippen LogP contribution in [-0.4, -0.2) is 9.55 Å². The molecule has 2 aromatic carbocycles. The van der Waals surface area contributed by atoms with E-state index in [1.54, 1.807) is 6.26 Å². The van der Waals surface area contributed by atoms with Crippen LogP contribution < -0.4 is 4.74 Å². The molecule has 4 rings (SSSR count). The van der Waals surface area contributed by atoms with Gasteiger partial charge >= 0.3 is 0 Å². The zero-order valence-electron chi connectivity index (χ0n) is 12.6. The van der Waals surface area contributed by atoms with E-state index in [4.69, 9.17) is 14.1 Å². The predicted octanol–water partition coefficient (Wildman–Crippen LogP) is 4.26. The average molecular weight is 304 g/mol. The van der Waals surface area contributed by atoms with Crippen LogP contribution in [0.3, 0.4) is 0 Å². The van der Waals surface area contributed by atoms with E-state index in [2.05, 4.69) is 10.6 Å². The lowest BCUT2D eigenvalue weighted by molar-refractivity contribution is 0.290. The van der Waals surface area contributed by atoms with Crippen molar-refractivity contribution in [2.24, 2.45) is 0 Å². The Balaban J connectivity index is 1.67. The normalized spacial score (nSPS) is 11.0. The molecule has 0 amide bonds. The topological polar surface area (TPSA) is 40.2 Å². The molecule has 4 aromatic rings. The molecule has 23 heavy (non-hydrogen) atoms. The van der Waals surface area contributed by atoms with E-state index in [9.17, 15) is 0 Å². The fraction of sp³-hybridized carbons (Fsp3) is 0.105. The molecule has 4 heteroatoms. The number of benzene rings is 2. The third kappa shape index (κ3) is 2.83. The van der Waals surface area contributed by atoms with Crippen LogP contribution >= 0.6 is 0 Å². The lowest BCUT2D eigenvalue weighted by Gasteiger charge is -2.09. The van der Waals surface area contributed by atoms with Crippen LogP contribution in [0.2, 0.25) is 0 Å². The molecule has 4 nitrogen and oxygen atoms in total. The Bertz CT molecular complexity index is 896. The number of imidazole rings is 1. The number of nitrogens with zero attached hydrogens (tertiary/aromatic N) is 2. The number of para-hydroxylation sites is 3. The van der Waals surface area contributed by atoms with Gasteiger partial charge in [0.25, 0.3) is 0 Å². The summed E-state index contributed by atoms with van der Waals surface area (Å²) in [6, 6.07) is 21.7. The van der Waals surface area contributed by atoms with E-state index >= 15 is 0 Å². The van der Waals surface area contributed by atoms with E-state index in [1.165, 1.54) is 0 Å².